The Balaban J connectivity index is 1.73. The van der Waals surface area contributed by atoms with E-state index in [1.807, 2.05) is 6.08 Å². The van der Waals surface area contributed by atoms with Crippen molar-refractivity contribution >= 4 is 11.8 Å². The monoisotopic (exact) mass is 374 g/mol. The van der Waals surface area contributed by atoms with Gasteiger partial charge in [0.1, 0.15) is 6.10 Å². The lowest BCUT2D eigenvalue weighted by molar-refractivity contribution is -0.161. The molecule has 3 fully saturated rings. The molecule has 1 N–H and O–H groups in total. The van der Waals surface area contributed by atoms with E-state index >= 15 is 0 Å². The standard InChI is InChI=1S/C23H34O4/c1-13-9-16-11-17(26)10-14(2)23(16,12-24)19-7-8-22(4)18(21(13)19)5-6-20(22)27-15(3)25/h11,13-14,18-21,24H,5-10,12H2,1-4H3/t13?,14?,18-,19+,20?,21-,22-,23-/m0/s1. The fourth-order valence-corrected chi connectivity index (χ4v) is 7.83. The Morgan fingerprint density at radius 3 is 2.63 bits per heavy atom. The topological polar surface area (TPSA) is 63.6 Å². The predicted octanol–water partition coefficient (Wildman–Crippen LogP) is 3.91. The first-order valence-corrected chi connectivity index (χ1v) is 10.8. The van der Waals surface area contributed by atoms with Crippen LogP contribution in [0.2, 0.25) is 0 Å². The number of hydrogen-bond donors (Lipinski definition) is 1. The molecule has 0 amide bonds. The van der Waals surface area contributed by atoms with Crippen LogP contribution in [0.5, 0.6) is 0 Å². The van der Waals surface area contributed by atoms with Crippen LogP contribution >= 0.6 is 0 Å². The van der Waals surface area contributed by atoms with E-state index in [0.29, 0.717) is 30.1 Å². The second-order valence-corrected chi connectivity index (χ2v) is 10.1. The highest BCUT2D eigenvalue weighted by Gasteiger charge is 2.63. The lowest BCUT2D eigenvalue weighted by Crippen LogP contribution is -2.58. The Hall–Kier alpha value is -1.16. The van der Waals surface area contributed by atoms with Gasteiger partial charge in [-0.05, 0) is 67.8 Å². The molecule has 8 atom stereocenters. The lowest BCUT2D eigenvalue weighted by atomic mass is 9.43. The zero-order valence-corrected chi connectivity index (χ0v) is 17.2. The minimum absolute atomic E-state index is 0.0283. The van der Waals surface area contributed by atoms with Gasteiger partial charge in [0.15, 0.2) is 5.78 Å². The van der Waals surface area contributed by atoms with Crippen molar-refractivity contribution < 1.29 is 19.4 Å². The van der Waals surface area contributed by atoms with Crippen molar-refractivity contribution in [1.82, 2.24) is 0 Å². The molecule has 4 aliphatic rings. The summed E-state index contributed by atoms with van der Waals surface area (Å²) in [5.41, 5.74) is 1.03. The van der Waals surface area contributed by atoms with E-state index in [0.717, 1.165) is 32.1 Å². The Morgan fingerprint density at radius 2 is 1.96 bits per heavy atom. The van der Waals surface area contributed by atoms with Gasteiger partial charge in [-0.3, -0.25) is 9.59 Å². The van der Waals surface area contributed by atoms with Crippen LogP contribution in [0.25, 0.3) is 0 Å². The van der Waals surface area contributed by atoms with E-state index in [1.165, 1.54) is 12.5 Å². The molecule has 3 saturated carbocycles. The van der Waals surface area contributed by atoms with E-state index in [2.05, 4.69) is 20.8 Å². The highest BCUT2D eigenvalue weighted by atomic mass is 16.5. The maximum absolute atomic E-state index is 12.2. The van der Waals surface area contributed by atoms with Crippen molar-refractivity contribution in [2.75, 3.05) is 6.61 Å². The molecule has 0 bridgehead atoms. The van der Waals surface area contributed by atoms with E-state index in [-0.39, 0.29) is 41.2 Å². The zero-order valence-electron chi connectivity index (χ0n) is 17.2. The molecule has 4 nitrogen and oxygen atoms in total. The van der Waals surface area contributed by atoms with Crippen LogP contribution in [0, 0.1) is 40.4 Å². The fraction of sp³-hybridized carbons (Fsp3) is 0.826. The average Bonchev–Trinajstić information content (AvgIpc) is 2.90. The number of esters is 1. The molecule has 0 aromatic carbocycles. The van der Waals surface area contributed by atoms with Gasteiger partial charge in [0, 0.05) is 24.2 Å². The summed E-state index contributed by atoms with van der Waals surface area (Å²) in [6.07, 6.45) is 7.53. The molecular formula is C23H34O4. The summed E-state index contributed by atoms with van der Waals surface area (Å²) in [4.78, 5) is 23.9. The first kappa shape index (κ1) is 19.2. The number of carbonyl (C=O) groups excluding carboxylic acids is 2. The highest BCUT2D eigenvalue weighted by molar-refractivity contribution is 5.92. The lowest BCUT2D eigenvalue weighted by Gasteiger charge is -2.62. The van der Waals surface area contributed by atoms with Gasteiger partial charge in [-0.2, -0.15) is 0 Å². The average molecular weight is 375 g/mol. The summed E-state index contributed by atoms with van der Waals surface area (Å²) in [5, 5.41) is 10.6. The molecule has 0 aliphatic heterocycles. The van der Waals surface area contributed by atoms with Gasteiger partial charge in [-0.25, -0.2) is 0 Å². The molecule has 0 aromatic rings. The van der Waals surface area contributed by atoms with Crippen LogP contribution in [0.4, 0.5) is 0 Å². The van der Waals surface area contributed by atoms with Crippen molar-refractivity contribution in [1.29, 1.82) is 0 Å². The fourth-order valence-electron chi connectivity index (χ4n) is 7.83. The van der Waals surface area contributed by atoms with Crippen LogP contribution in [0.3, 0.4) is 0 Å². The molecule has 4 aliphatic carbocycles. The molecule has 4 heteroatoms. The van der Waals surface area contributed by atoms with Gasteiger partial charge in [0.05, 0.1) is 6.61 Å². The highest BCUT2D eigenvalue weighted by Crippen LogP contribution is 2.67. The minimum atomic E-state index is -0.230. The van der Waals surface area contributed by atoms with Crippen molar-refractivity contribution in [2.45, 2.75) is 72.3 Å². The molecule has 27 heavy (non-hydrogen) atoms. The van der Waals surface area contributed by atoms with Crippen molar-refractivity contribution in [3.8, 4) is 0 Å². The molecule has 4 rings (SSSR count). The third kappa shape index (κ3) is 2.58. The SMILES string of the molecule is CC(=O)OC1CC[C@H]2[C@@H]3C(C)CC4=CC(=O)CC(C)[C@]4(CO)[C@@H]3CC[C@]12C. The number of rotatable bonds is 2. The van der Waals surface area contributed by atoms with Crippen LogP contribution in [0.15, 0.2) is 11.6 Å². The maximum atomic E-state index is 12.2. The molecule has 0 spiro atoms. The van der Waals surface area contributed by atoms with Gasteiger partial charge in [0.2, 0.25) is 0 Å². The smallest absolute Gasteiger partial charge is 0.302 e. The maximum Gasteiger partial charge on any atom is 0.302 e. The largest absolute Gasteiger partial charge is 0.462 e. The predicted molar refractivity (Wildman–Crippen MR) is 103 cm³/mol. The van der Waals surface area contributed by atoms with E-state index < -0.39 is 0 Å². The van der Waals surface area contributed by atoms with Gasteiger partial charge in [-0.1, -0.05) is 26.3 Å². The number of fused-ring (bicyclic) bond motifs is 5. The summed E-state index contributed by atoms with van der Waals surface area (Å²) in [6.45, 7) is 8.49. The molecule has 0 heterocycles. The molecule has 150 valence electrons. The Morgan fingerprint density at radius 1 is 1.22 bits per heavy atom. The first-order chi connectivity index (χ1) is 12.7. The quantitative estimate of drug-likeness (QED) is 0.744. The Bertz CT molecular complexity index is 682. The zero-order chi connectivity index (χ0) is 19.6. The third-order valence-corrected chi connectivity index (χ3v) is 9.00. The Kier molecular flexibility index (Phi) is 4.57. The van der Waals surface area contributed by atoms with Crippen LogP contribution in [0.1, 0.15) is 66.2 Å². The summed E-state index contributed by atoms with van der Waals surface area (Å²) in [7, 11) is 0. The summed E-state index contributed by atoms with van der Waals surface area (Å²) < 4.78 is 5.75. The van der Waals surface area contributed by atoms with E-state index in [9.17, 15) is 14.7 Å². The van der Waals surface area contributed by atoms with Crippen LogP contribution in [-0.2, 0) is 14.3 Å². The van der Waals surface area contributed by atoms with E-state index in [1.54, 1.807) is 0 Å². The summed E-state index contributed by atoms with van der Waals surface area (Å²) in [6, 6.07) is 0. The van der Waals surface area contributed by atoms with Crippen molar-refractivity contribution in [3.63, 3.8) is 0 Å². The van der Waals surface area contributed by atoms with Crippen LogP contribution < -0.4 is 0 Å². The van der Waals surface area contributed by atoms with Crippen molar-refractivity contribution in [2.24, 2.45) is 40.4 Å². The molecule has 3 unspecified atom stereocenters. The normalized spacial score (nSPS) is 48.9. The number of hydrogen-bond acceptors (Lipinski definition) is 4. The molecular weight excluding hydrogens is 340 g/mol. The van der Waals surface area contributed by atoms with Gasteiger partial charge in [0.25, 0.3) is 0 Å². The minimum Gasteiger partial charge on any atom is -0.462 e. The molecule has 0 radical (unpaired) electrons. The number of aliphatic hydroxyl groups is 1. The number of ether oxygens (including phenoxy) is 1. The summed E-state index contributed by atoms with van der Waals surface area (Å²) >= 11 is 0. The van der Waals surface area contributed by atoms with Gasteiger partial charge in [-0.15, -0.1) is 0 Å². The van der Waals surface area contributed by atoms with Gasteiger partial charge >= 0.3 is 5.97 Å². The second kappa shape index (κ2) is 6.43. The van der Waals surface area contributed by atoms with Gasteiger partial charge < -0.3 is 9.84 Å². The van der Waals surface area contributed by atoms with Crippen molar-refractivity contribution in [3.05, 3.63) is 11.6 Å². The van der Waals surface area contributed by atoms with E-state index in [4.69, 9.17) is 4.74 Å². The first-order valence-electron chi connectivity index (χ1n) is 10.8. The molecule has 0 saturated heterocycles. The number of aliphatic hydroxyl groups excluding tert-OH is 1. The molecule has 0 aromatic heterocycles. The second-order valence-electron chi connectivity index (χ2n) is 10.1. The van der Waals surface area contributed by atoms with Crippen LogP contribution in [-0.4, -0.2) is 29.6 Å². The third-order valence-electron chi connectivity index (χ3n) is 9.00. The number of carbonyl (C=O) groups is 2. The summed E-state index contributed by atoms with van der Waals surface area (Å²) in [5.74, 6) is 2.25. The Labute approximate surface area is 162 Å². The number of ketones is 1.